The Kier molecular flexibility index (Phi) is 2.00. The maximum Gasteiger partial charge on any atom is 0.203 e. The van der Waals surface area contributed by atoms with Gasteiger partial charge in [0.05, 0.1) is 19.4 Å². The Labute approximate surface area is 89.8 Å². The average molecular weight is 225 g/mol. The van der Waals surface area contributed by atoms with Crippen LogP contribution in [0.25, 0.3) is 0 Å². The lowest BCUT2D eigenvalue weighted by atomic mass is 10.1. The van der Waals surface area contributed by atoms with Crippen molar-refractivity contribution in [3.8, 4) is 5.75 Å². The van der Waals surface area contributed by atoms with Crippen molar-refractivity contribution in [2.45, 2.75) is 17.9 Å². The van der Waals surface area contributed by atoms with Crippen LogP contribution in [0.3, 0.4) is 0 Å². The first kappa shape index (κ1) is 9.52. The fourth-order valence-electron chi connectivity index (χ4n) is 2.34. The number of hydrogen-bond acceptors (Lipinski definition) is 4. The van der Waals surface area contributed by atoms with E-state index in [-0.39, 0.29) is 11.4 Å². The zero-order valence-corrected chi connectivity index (χ0v) is 9.30. The molecule has 1 aliphatic carbocycles. The molecule has 3 rings (SSSR count). The lowest BCUT2D eigenvalue weighted by Gasteiger charge is -2.27. The Morgan fingerprint density at radius 3 is 2.87 bits per heavy atom. The third kappa shape index (κ3) is 1.16. The van der Waals surface area contributed by atoms with Crippen molar-refractivity contribution in [1.29, 1.82) is 0 Å². The highest BCUT2D eigenvalue weighted by Crippen LogP contribution is 2.48. The molecule has 15 heavy (non-hydrogen) atoms. The van der Waals surface area contributed by atoms with Crippen LogP contribution in [0.4, 0.5) is 0 Å². The first-order chi connectivity index (χ1) is 7.24. The first-order valence-electron chi connectivity index (χ1n) is 4.94. The smallest absolute Gasteiger partial charge is 0.203 e. The lowest BCUT2D eigenvalue weighted by Crippen LogP contribution is -2.33. The summed E-state index contributed by atoms with van der Waals surface area (Å²) in [6.45, 7) is 1.19. The molecule has 1 fully saturated rings. The molecule has 1 aromatic heterocycles. The molecule has 1 spiro atoms. The second-order valence-corrected chi connectivity index (χ2v) is 4.66. The van der Waals surface area contributed by atoms with Gasteiger partial charge in [-0.25, -0.2) is 0 Å². The number of rotatable bonds is 0. The van der Waals surface area contributed by atoms with Gasteiger partial charge < -0.3 is 14.6 Å². The fraction of sp³-hybridized carbons (Fsp3) is 0.500. The molecule has 1 aliphatic heterocycles. The second-order valence-electron chi connectivity index (χ2n) is 3.86. The minimum Gasteiger partial charge on any atom is -0.506 e. The zero-order chi connectivity index (χ0) is 10.5. The Morgan fingerprint density at radius 1 is 1.40 bits per heavy atom. The molecule has 0 bridgehead atoms. The van der Waals surface area contributed by atoms with Gasteiger partial charge in [0.15, 0.2) is 0 Å². The second kappa shape index (κ2) is 3.14. The highest BCUT2D eigenvalue weighted by Gasteiger charge is 2.51. The Hall–Kier alpha value is -0.700. The Morgan fingerprint density at radius 2 is 2.13 bits per heavy atom. The zero-order valence-electron chi connectivity index (χ0n) is 8.14. The van der Waals surface area contributed by atoms with Crippen LogP contribution in [0, 0.1) is 0 Å². The van der Waals surface area contributed by atoms with E-state index in [1.54, 1.807) is 6.20 Å². The molecular formula is C10H12NO3P. The number of aromatic nitrogens is 1. The summed E-state index contributed by atoms with van der Waals surface area (Å²) in [5.74, 6) is -0.456. The van der Waals surface area contributed by atoms with Crippen LogP contribution in [0.2, 0.25) is 0 Å². The number of fused-ring (bicyclic) bond motifs is 2. The SMILES string of the molecule is Oc1cncc2c1CC(P)C21OCCO1. The molecule has 0 amide bonds. The van der Waals surface area contributed by atoms with Crippen LogP contribution >= 0.6 is 9.24 Å². The molecule has 1 aromatic rings. The highest BCUT2D eigenvalue weighted by atomic mass is 31.0. The summed E-state index contributed by atoms with van der Waals surface area (Å²) in [4.78, 5) is 3.99. The van der Waals surface area contributed by atoms with Gasteiger partial charge in [-0.15, -0.1) is 9.24 Å². The van der Waals surface area contributed by atoms with E-state index in [0.717, 1.165) is 17.5 Å². The van der Waals surface area contributed by atoms with E-state index in [1.165, 1.54) is 6.20 Å². The third-order valence-corrected chi connectivity index (χ3v) is 3.71. The predicted molar refractivity (Wildman–Crippen MR) is 56.7 cm³/mol. The Bertz CT molecular complexity index is 404. The van der Waals surface area contributed by atoms with Gasteiger partial charge in [-0.2, -0.15) is 0 Å². The van der Waals surface area contributed by atoms with E-state index in [1.807, 2.05) is 0 Å². The summed E-state index contributed by atoms with van der Waals surface area (Å²) in [5.41, 5.74) is 1.91. The quantitative estimate of drug-likeness (QED) is 0.663. The maximum absolute atomic E-state index is 9.71. The van der Waals surface area contributed by atoms with Gasteiger partial charge in [0.25, 0.3) is 0 Å². The molecule has 1 saturated heterocycles. The summed E-state index contributed by atoms with van der Waals surface area (Å²) in [6, 6.07) is 0. The van der Waals surface area contributed by atoms with Crippen molar-refractivity contribution >= 4 is 9.24 Å². The van der Waals surface area contributed by atoms with Crippen LogP contribution in [0.5, 0.6) is 5.75 Å². The van der Waals surface area contributed by atoms with Crippen molar-refractivity contribution in [2.75, 3.05) is 13.2 Å². The average Bonchev–Trinajstić information content (AvgIpc) is 2.79. The van der Waals surface area contributed by atoms with Crippen LogP contribution < -0.4 is 0 Å². The van der Waals surface area contributed by atoms with Gasteiger partial charge >= 0.3 is 0 Å². The molecule has 1 N–H and O–H groups in total. The van der Waals surface area contributed by atoms with Gasteiger partial charge in [0.1, 0.15) is 5.75 Å². The van der Waals surface area contributed by atoms with Crippen molar-refractivity contribution in [2.24, 2.45) is 0 Å². The minimum atomic E-state index is -0.689. The van der Waals surface area contributed by atoms with Crippen molar-refractivity contribution in [1.82, 2.24) is 4.98 Å². The van der Waals surface area contributed by atoms with Crippen molar-refractivity contribution < 1.29 is 14.6 Å². The molecule has 5 heteroatoms. The van der Waals surface area contributed by atoms with Crippen LogP contribution in [-0.2, 0) is 21.7 Å². The van der Waals surface area contributed by atoms with Gasteiger partial charge in [0, 0.05) is 23.0 Å². The molecule has 0 radical (unpaired) electrons. The Balaban J connectivity index is 2.17. The largest absolute Gasteiger partial charge is 0.506 e. The van der Waals surface area contributed by atoms with Crippen LogP contribution in [-0.4, -0.2) is 29.0 Å². The van der Waals surface area contributed by atoms with E-state index in [0.29, 0.717) is 13.2 Å². The van der Waals surface area contributed by atoms with E-state index < -0.39 is 5.79 Å². The monoisotopic (exact) mass is 225 g/mol. The molecule has 2 unspecified atom stereocenters. The summed E-state index contributed by atoms with van der Waals surface area (Å²) in [6.07, 6.45) is 3.93. The van der Waals surface area contributed by atoms with Gasteiger partial charge in [-0.1, -0.05) is 0 Å². The molecule has 2 heterocycles. The molecule has 2 aliphatic rings. The maximum atomic E-state index is 9.71. The van der Waals surface area contributed by atoms with Gasteiger partial charge in [-0.3, -0.25) is 4.98 Å². The number of nitrogens with zero attached hydrogens (tertiary/aromatic N) is 1. The number of ether oxygens (including phenoxy) is 2. The normalized spacial score (nSPS) is 27.1. The van der Waals surface area contributed by atoms with Crippen LogP contribution in [0.15, 0.2) is 12.4 Å². The third-order valence-electron chi connectivity index (χ3n) is 3.04. The molecule has 80 valence electrons. The van der Waals surface area contributed by atoms with Crippen molar-refractivity contribution in [3.63, 3.8) is 0 Å². The standard InChI is InChI=1S/C10H12NO3P/c12-8-5-11-4-7-6(8)3-9(15)10(7)13-1-2-14-10/h4-5,9,12H,1-3,15H2. The molecular weight excluding hydrogens is 213 g/mol. The summed E-state index contributed by atoms with van der Waals surface area (Å²) < 4.78 is 11.4. The topological polar surface area (TPSA) is 51.6 Å². The van der Waals surface area contributed by atoms with E-state index in [4.69, 9.17) is 9.47 Å². The summed E-state index contributed by atoms with van der Waals surface area (Å²) in [5, 5.41) is 9.71. The molecule has 4 nitrogen and oxygen atoms in total. The van der Waals surface area contributed by atoms with Gasteiger partial charge in [0.2, 0.25) is 5.79 Å². The predicted octanol–water partition coefficient (Wildman–Crippen LogP) is 0.787. The lowest BCUT2D eigenvalue weighted by molar-refractivity contribution is -0.158. The van der Waals surface area contributed by atoms with Crippen LogP contribution in [0.1, 0.15) is 11.1 Å². The number of aromatic hydroxyl groups is 1. The summed E-state index contributed by atoms with van der Waals surface area (Å²) in [7, 11) is 2.73. The minimum absolute atomic E-state index is 0.144. The van der Waals surface area contributed by atoms with Crippen molar-refractivity contribution in [3.05, 3.63) is 23.5 Å². The van der Waals surface area contributed by atoms with E-state index >= 15 is 0 Å². The highest BCUT2D eigenvalue weighted by molar-refractivity contribution is 7.17. The van der Waals surface area contributed by atoms with E-state index in [9.17, 15) is 5.11 Å². The van der Waals surface area contributed by atoms with Gasteiger partial charge in [-0.05, 0) is 6.42 Å². The molecule has 0 saturated carbocycles. The fourth-order valence-corrected chi connectivity index (χ4v) is 2.95. The summed E-state index contributed by atoms with van der Waals surface area (Å²) >= 11 is 0. The molecule has 0 aromatic carbocycles. The number of pyridine rings is 1. The first-order valence-corrected chi connectivity index (χ1v) is 5.60. The number of hydrogen-bond donors (Lipinski definition) is 1. The molecule has 2 atom stereocenters. The van der Waals surface area contributed by atoms with E-state index in [2.05, 4.69) is 14.2 Å².